The van der Waals surface area contributed by atoms with Crippen molar-refractivity contribution in [3.8, 4) is 0 Å². The van der Waals surface area contributed by atoms with E-state index in [9.17, 15) is 8.78 Å². The molecule has 0 amide bonds. The highest BCUT2D eigenvalue weighted by molar-refractivity contribution is 5.79. The zero-order valence-corrected chi connectivity index (χ0v) is 12.2. The predicted molar refractivity (Wildman–Crippen MR) is 78.8 cm³/mol. The van der Waals surface area contributed by atoms with Gasteiger partial charge in [0.1, 0.15) is 11.6 Å². The van der Waals surface area contributed by atoms with Crippen LogP contribution in [-0.4, -0.2) is 32.3 Å². The number of nitrogens with one attached hydrogen (secondary N) is 2. The van der Waals surface area contributed by atoms with E-state index in [2.05, 4.69) is 15.7 Å². The Labute approximate surface area is 123 Å². The third kappa shape index (κ3) is 7.57. The standard InChI is InChI=1S/C14H22F2N4O/c1-2-21-7-3-5-18-14(20-17)19-6-4-11-8-12(15)10-13(16)9-11/h8-10H,2-7,17H2,1H3,(H2,18,19,20). The molecule has 21 heavy (non-hydrogen) atoms. The van der Waals surface area contributed by atoms with Crippen molar-refractivity contribution < 1.29 is 13.5 Å². The molecule has 0 radical (unpaired) electrons. The summed E-state index contributed by atoms with van der Waals surface area (Å²) < 4.78 is 31.2. The molecule has 118 valence electrons. The molecule has 0 aliphatic rings. The number of hydrogen-bond donors (Lipinski definition) is 3. The van der Waals surface area contributed by atoms with Crippen LogP contribution in [0.3, 0.4) is 0 Å². The Morgan fingerprint density at radius 2 is 2.00 bits per heavy atom. The Morgan fingerprint density at radius 1 is 1.29 bits per heavy atom. The predicted octanol–water partition coefficient (Wildman–Crippen LogP) is 1.34. The van der Waals surface area contributed by atoms with E-state index in [1.807, 2.05) is 6.92 Å². The van der Waals surface area contributed by atoms with Gasteiger partial charge in [-0.3, -0.25) is 10.4 Å². The Morgan fingerprint density at radius 3 is 2.62 bits per heavy atom. The number of halogens is 2. The van der Waals surface area contributed by atoms with E-state index < -0.39 is 11.6 Å². The molecule has 7 heteroatoms. The van der Waals surface area contributed by atoms with Gasteiger partial charge in [0, 0.05) is 32.4 Å². The van der Waals surface area contributed by atoms with Crippen LogP contribution in [0, 0.1) is 11.6 Å². The summed E-state index contributed by atoms with van der Waals surface area (Å²) in [4.78, 5) is 4.22. The Bertz CT molecular complexity index is 434. The molecule has 0 fully saturated rings. The molecule has 0 unspecified atom stereocenters. The highest BCUT2D eigenvalue weighted by Crippen LogP contribution is 2.07. The number of aliphatic imine (C=N–C) groups is 1. The fourth-order valence-corrected chi connectivity index (χ4v) is 1.73. The summed E-state index contributed by atoms with van der Waals surface area (Å²) in [5.41, 5.74) is 3.03. The molecule has 5 nitrogen and oxygen atoms in total. The van der Waals surface area contributed by atoms with E-state index in [0.29, 0.717) is 44.2 Å². The summed E-state index contributed by atoms with van der Waals surface area (Å²) in [5, 5.41) is 2.98. The van der Waals surface area contributed by atoms with Crippen molar-refractivity contribution in [2.24, 2.45) is 10.8 Å². The van der Waals surface area contributed by atoms with Gasteiger partial charge in [-0.05, 0) is 37.5 Å². The molecule has 1 aromatic carbocycles. The topological polar surface area (TPSA) is 71.7 Å². The summed E-state index contributed by atoms with van der Waals surface area (Å²) in [6.07, 6.45) is 1.27. The first-order chi connectivity index (χ1) is 10.2. The molecule has 0 heterocycles. The van der Waals surface area contributed by atoms with Gasteiger partial charge in [0.05, 0.1) is 0 Å². The molecule has 0 saturated carbocycles. The monoisotopic (exact) mass is 300 g/mol. The van der Waals surface area contributed by atoms with Crippen LogP contribution in [0.5, 0.6) is 0 Å². The van der Waals surface area contributed by atoms with Crippen molar-refractivity contribution in [2.45, 2.75) is 19.8 Å². The summed E-state index contributed by atoms with van der Waals surface area (Å²) in [7, 11) is 0. The van der Waals surface area contributed by atoms with E-state index in [4.69, 9.17) is 10.6 Å². The van der Waals surface area contributed by atoms with Gasteiger partial charge in [-0.25, -0.2) is 14.6 Å². The molecular weight excluding hydrogens is 278 g/mol. The van der Waals surface area contributed by atoms with Crippen molar-refractivity contribution in [1.82, 2.24) is 10.7 Å². The lowest BCUT2D eigenvalue weighted by Gasteiger charge is -2.09. The Hall–Kier alpha value is -1.73. The number of hydrazine groups is 1. The minimum absolute atomic E-state index is 0.448. The van der Waals surface area contributed by atoms with Gasteiger partial charge in [-0.1, -0.05) is 0 Å². The Kier molecular flexibility index (Phi) is 8.30. The third-order valence-corrected chi connectivity index (χ3v) is 2.69. The molecule has 0 atom stereocenters. The van der Waals surface area contributed by atoms with E-state index in [1.165, 1.54) is 12.1 Å². The van der Waals surface area contributed by atoms with Gasteiger partial charge >= 0.3 is 0 Å². The maximum absolute atomic E-state index is 13.0. The second-order valence-corrected chi connectivity index (χ2v) is 4.38. The fourth-order valence-electron chi connectivity index (χ4n) is 1.73. The summed E-state index contributed by atoms with van der Waals surface area (Å²) in [5.74, 6) is 4.64. The van der Waals surface area contributed by atoms with Crippen molar-refractivity contribution in [1.29, 1.82) is 0 Å². The lowest BCUT2D eigenvalue weighted by Crippen LogP contribution is -2.42. The zero-order chi connectivity index (χ0) is 15.5. The van der Waals surface area contributed by atoms with Crippen LogP contribution in [0.15, 0.2) is 23.2 Å². The second-order valence-electron chi connectivity index (χ2n) is 4.38. The van der Waals surface area contributed by atoms with E-state index >= 15 is 0 Å². The molecular formula is C14H22F2N4O. The molecule has 0 aliphatic carbocycles. The summed E-state index contributed by atoms with van der Waals surface area (Å²) >= 11 is 0. The van der Waals surface area contributed by atoms with Crippen LogP contribution < -0.4 is 16.6 Å². The summed E-state index contributed by atoms with van der Waals surface area (Å²) in [6.45, 7) is 4.33. The summed E-state index contributed by atoms with van der Waals surface area (Å²) in [6, 6.07) is 3.46. The molecule has 0 spiro atoms. The molecule has 1 rings (SSSR count). The number of hydrogen-bond acceptors (Lipinski definition) is 3. The molecule has 0 aliphatic heterocycles. The lowest BCUT2D eigenvalue weighted by molar-refractivity contribution is 0.146. The van der Waals surface area contributed by atoms with Crippen LogP contribution in [0.25, 0.3) is 0 Å². The van der Waals surface area contributed by atoms with E-state index in [0.717, 1.165) is 12.5 Å². The van der Waals surface area contributed by atoms with Crippen molar-refractivity contribution >= 4 is 5.96 Å². The normalized spacial score (nSPS) is 11.5. The average Bonchev–Trinajstić information content (AvgIpc) is 2.44. The van der Waals surface area contributed by atoms with E-state index in [-0.39, 0.29) is 0 Å². The van der Waals surface area contributed by atoms with Gasteiger partial charge in [0.15, 0.2) is 0 Å². The van der Waals surface area contributed by atoms with Gasteiger partial charge < -0.3 is 10.1 Å². The van der Waals surface area contributed by atoms with Crippen LogP contribution >= 0.6 is 0 Å². The fraction of sp³-hybridized carbons (Fsp3) is 0.500. The number of nitrogens with two attached hydrogens (primary N) is 1. The first kappa shape index (κ1) is 17.3. The van der Waals surface area contributed by atoms with Crippen LogP contribution in [0.1, 0.15) is 18.9 Å². The van der Waals surface area contributed by atoms with Gasteiger partial charge in [0.25, 0.3) is 0 Å². The largest absolute Gasteiger partial charge is 0.382 e. The van der Waals surface area contributed by atoms with Crippen LogP contribution in [-0.2, 0) is 11.2 Å². The van der Waals surface area contributed by atoms with E-state index in [1.54, 1.807) is 0 Å². The van der Waals surface area contributed by atoms with Gasteiger partial charge in [0.2, 0.25) is 5.96 Å². The van der Waals surface area contributed by atoms with Crippen molar-refractivity contribution in [3.05, 3.63) is 35.4 Å². The number of rotatable bonds is 8. The molecule has 0 aromatic heterocycles. The molecule has 0 bridgehead atoms. The molecule has 1 aromatic rings. The average molecular weight is 300 g/mol. The first-order valence-corrected chi connectivity index (χ1v) is 6.93. The first-order valence-electron chi connectivity index (χ1n) is 6.93. The van der Waals surface area contributed by atoms with Crippen LogP contribution in [0.2, 0.25) is 0 Å². The van der Waals surface area contributed by atoms with Gasteiger partial charge in [-0.2, -0.15) is 0 Å². The minimum atomic E-state index is -0.577. The zero-order valence-electron chi connectivity index (χ0n) is 12.2. The second kappa shape index (κ2) is 10.1. The number of ether oxygens (including phenoxy) is 1. The lowest BCUT2D eigenvalue weighted by atomic mass is 10.1. The SMILES string of the molecule is CCOCCCN=C(NN)NCCc1cc(F)cc(F)c1. The number of guanidine groups is 1. The Balaban J connectivity index is 2.32. The third-order valence-electron chi connectivity index (χ3n) is 2.69. The maximum atomic E-state index is 13.0. The smallest absolute Gasteiger partial charge is 0.205 e. The van der Waals surface area contributed by atoms with Crippen molar-refractivity contribution in [2.75, 3.05) is 26.3 Å². The van der Waals surface area contributed by atoms with Gasteiger partial charge in [-0.15, -0.1) is 0 Å². The van der Waals surface area contributed by atoms with Crippen molar-refractivity contribution in [3.63, 3.8) is 0 Å². The maximum Gasteiger partial charge on any atom is 0.205 e. The molecule has 0 saturated heterocycles. The number of benzene rings is 1. The van der Waals surface area contributed by atoms with Crippen LogP contribution in [0.4, 0.5) is 8.78 Å². The number of nitrogens with zero attached hydrogens (tertiary/aromatic N) is 1. The highest BCUT2D eigenvalue weighted by atomic mass is 19.1. The quantitative estimate of drug-likeness (QED) is 0.223. The highest BCUT2D eigenvalue weighted by Gasteiger charge is 2.01. The molecule has 4 N–H and O–H groups in total. The minimum Gasteiger partial charge on any atom is -0.382 e.